The van der Waals surface area contributed by atoms with E-state index >= 15 is 13.2 Å². The van der Waals surface area contributed by atoms with E-state index in [2.05, 4.69) is 34.2 Å². The molecule has 0 saturated carbocycles. The molecule has 330 valence electrons. The van der Waals surface area contributed by atoms with Crippen molar-refractivity contribution < 1.29 is 30.8 Å². The van der Waals surface area contributed by atoms with Crippen molar-refractivity contribution in [1.82, 2.24) is 15.0 Å². The summed E-state index contributed by atoms with van der Waals surface area (Å²) in [5.41, 5.74) is 11.4. The summed E-state index contributed by atoms with van der Waals surface area (Å²) in [4.78, 5) is 13.9. The highest BCUT2D eigenvalue weighted by Crippen LogP contribution is 2.48. The third-order valence-electron chi connectivity index (χ3n) is 13.0. The molecular formula is C58H38F3N3O4. The van der Waals surface area contributed by atoms with E-state index in [1.807, 2.05) is 129 Å². The van der Waals surface area contributed by atoms with Crippen molar-refractivity contribution in [1.29, 1.82) is 0 Å². The lowest BCUT2D eigenvalue weighted by molar-refractivity contribution is -0.173. The van der Waals surface area contributed by atoms with Gasteiger partial charge in [0.05, 0.1) is 0 Å². The predicted octanol–water partition coefficient (Wildman–Crippen LogP) is 16.3. The minimum Gasteiger partial charge on any atom is -0.456 e. The summed E-state index contributed by atoms with van der Waals surface area (Å²) in [5.74, 6) is 2.02. The summed E-state index contributed by atoms with van der Waals surface area (Å²) in [6.07, 6.45) is -4.66. The Morgan fingerprint density at radius 1 is 0.368 bits per heavy atom. The van der Waals surface area contributed by atoms with Crippen molar-refractivity contribution in [3.05, 3.63) is 199 Å². The number of hydrogen-bond donors (Lipinski definition) is 0. The van der Waals surface area contributed by atoms with Gasteiger partial charge in [-0.3, -0.25) is 0 Å². The average molecular weight is 898 g/mol. The molecule has 0 aliphatic carbocycles. The van der Waals surface area contributed by atoms with Crippen LogP contribution in [0.1, 0.15) is 29.5 Å². The summed E-state index contributed by atoms with van der Waals surface area (Å²) in [5, 5.41) is 0.707. The molecule has 68 heavy (non-hydrogen) atoms. The first-order chi connectivity index (χ1) is 32.9. The fourth-order valence-corrected chi connectivity index (χ4v) is 8.97. The second-order valence-electron chi connectivity index (χ2n) is 17.4. The molecule has 0 saturated heterocycles. The number of aromatic nitrogens is 3. The van der Waals surface area contributed by atoms with Gasteiger partial charge in [-0.15, -0.1) is 0 Å². The van der Waals surface area contributed by atoms with Gasteiger partial charge in [0.1, 0.15) is 33.3 Å². The SMILES string of the molecule is Cc1ccc(-c2ccc(-c3cc4ccc(C(C)(c5ccc6nc(-c7ccc(-c8ccc(-c9nc%10cc(-c%11ccc%12oc(C)nc%12c%11)ccc%10o9)cc8)cc7)oc6c5)C(F)(F)F)cc4o3)cc2)cc1. The van der Waals surface area contributed by atoms with E-state index in [1.165, 1.54) is 36.8 Å². The Kier molecular flexibility index (Phi) is 9.37. The van der Waals surface area contributed by atoms with Gasteiger partial charge in [0.15, 0.2) is 22.6 Å². The molecule has 0 bridgehead atoms. The third-order valence-corrected chi connectivity index (χ3v) is 13.0. The summed E-state index contributed by atoms with van der Waals surface area (Å²) in [6.45, 7) is 5.07. The molecule has 4 heterocycles. The van der Waals surface area contributed by atoms with E-state index in [0.717, 1.165) is 61.1 Å². The normalized spacial score (nSPS) is 13.0. The highest BCUT2D eigenvalue weighted by molar-refractivity contribution is 5.87. The minimum absolute atomic E-state index is 0.0239. The number of oxazole rings is 3. The first kappa shape index (κ1) is 41.0. The van der Waals surface area contributed by atoms with Gasteiger partial charge in [-0.25, -0.2) is 15.0 Å². The highest BCUT2D eigenvalue weighted by atomic mass is 19.4. The second-order valence-corrected chi connectivity index (χ2v) is 17.4. The molecule has 0 N–H and O–H groups in total. The number of furan rings is 1. The van der Waals surface area contributed by atoms with Gasteiger partial charge < -0.3 is 17.7 Å². The van der Waals surface area contributed by atoms with Crippen LogP contribution in [0.2, 0.25) is 0 Å². The minimum atomic E-state index is -4.66. The lowest BCUT2D eigenvalue weighted by atomic mass is 9.75. The zero-order valence-corrected chi connectivity index (χ0v) is 36.9. The van der Waals surface area contributed by atoms with Crippen molar-refractivity contribution in [3.63, 3.8) is 0 Å². The highest BCUT2D eigenvalue weighted by Gasteiger charge is 2.54. The molecular weight excluding hydrogens is 860 g/mol. The van der Waals surface area contributed by atoms with Crippen LogP contribution in [0.3, 0.4) is 0 Å². The fourth-order valence-electron chi connectivity index (χ4n) is 8.97. The predicted molar refractivity (Wildman–Crippen MR) is 260 cm³/mol. The quantitative estimate of drug-likeness (QED) is 0.150. The molecule has 0 spiro atoms. The number of aryl methyl sites for hydroxylation is 2. The lowest BCUT2D eigenvalue weighted by Crippen LogP contribution is -2.40. The molecule has 8 aromatic carbocycles. The maximum absolute atomic E-state index is 15.4. The Labute approximate surface area is 387 Å². The topological polar surface area (TPSA) is 91.2 Å². The Hall–Kier alpha value is -8.50. The van der Waals surface area contributed by atoms with Crippen molar-refractivity contribution in [2.75, 3.05) is 0 Å². The summed E-state index contributed by atoms with van der Waals surface area (Å²) < 4.78 is 70.2. The Morgan fingerprint density at radius 2 is 0.824 bits per heavy atom. The van der Waals surface area contributed by atoms with Gasteiger partial charge in [-0.1, -0.05) is 109 Å². The first-order valence-corrected chi connectivity index (χ1v) is 22.1. The first-order valence-electron chi connectivity index (χ1n) is 22.1. The van der Waals surface area contributed by atoms with E-state index < -0.39 is 11.6 Å². The van der Waals surface area contributed by atoms with E-state index in [1.54, 1.807) is 12.1 Å². The van der Waals surface area contributed by atoms with E-state index in [0.29, 0.717) is 51.1 Å². The van der Waals surface area contributed by atoms with Crippen LogP contribution in [0.15, 0.2) is 194 Å². The van der Waals surface area contributed by atoms with Crippen molar-refractivity contribution in [2.45, 2.75) is 32.4 Å². The van der Waals surface area contributed by atoms with E-state index in [9.17, 15) is 0 Å². The van der Waals surface area contributed by atoms with Gasteiger partial charge in [-0.2, -0.15) is 13.2 Å². The van der Waals surface area contributed by atoms with Crippen molar-refractivity contribution in [2.24, 2.45) is 0 Å². The maximum atomic E-state index is 15.4. The van der Waals surface area contributed by atoms with Crippen LogP contribution in [0, 0.1) is 13.8 Å². The third kappa shape index (κ3) is 7.13. The average Bonchev–Trinajstić information content (AvgIpc) is 4.17. The summed E-state index contributed by atoms with van der Waals surface area (Å²) in [7, 11) is 0. The van der Waals surface area contributed by atoms with E-state index in [-0.39, 0.29) is 16.7 Å². The van der Waals surface area contributed by atoms with Crippen LogP contribution in [0.5, 0.6) is 0 Å². The Bertz CT molecular complexity index is 3860. The van der Waals surface area contributed by atoms with Crippen LogP contribution >= 0.6 is 0 Å². The number of rotatable bonds is 8. The molecule has 0 amide bonds. The molecule has 1 unspecified atom stereocenters. The molecule has 0 fully saturated rings. The number of halogens is 3. The number of fused-ring (bicyclic) bond motifs is 4. The number of nitrogens with zero attached hydrogens (tertiary/aromatic N) is 3. The van der Waals surface area contributed by atoms with Crippen LogP contribution in [0.4, 0.5) is 13.2 Å². The van der Waals surface area contributed by atoms with E-state index in [4.69, 9.17) is 22.7 Å². The zero-order valence-electron chi connectivity index (χ0n) is 36.9. The molecule has 12 aromatic rings. The molecule has 0 aliphatic heterocycles. The molecule has 4 aromatic heterocycles. The molecule has 0 radical (unpaired) electrons. The Balaban J connectivity index is 0.772. The molecule has 0 aliphatic rings. The van der Waals surface area contributed by atoms with Crippen molar-refractivity contribution >= 4 is 44.3 Å². The Morgan fingerprint density at radius 3 is 1.41 bits per heavy atom. The summed E-state index contributed by atoms with van der Waals surface area (Å²) >= 11 is 0. The van der Waals surface area contributed by atoms with Gasteiger partial charge >= 0.3 is 6.18 Å². The fraction of sp³-hybridized carbons (Fsp3) is 0.0862. The smallest absolute Gasteiger partial charge is 0.402 e. The van der Waals surface area contributed by atoms with Gasteiger partial charge in [-0.05, 0) is 131 Å². The van der Waals surface area contributed by atoms with Crippen LogP contribution in [0.25, 0.3) is 112 Å². The van der Waals surface area contributed by atoms with Crippen LogP contribution < -0.4 is 0 Å². The molecule has 7 nitrogen and oxygen atoms in total. The molecule has 12 rings (SSSR count). The zero-order chi connectivity index (χ0) is 46.3. The lowest BCUT2D eigenvalue weighted by Gasteiger charge is -2.33. The number of benzene rings is 8. The standard InChI is InChI=1S/C58H38F3N3O4/c1-33-4-6-35(7-5-33)36-8-14-39(15-9-36)52-30-44-20-23-45(31-53(44)66-52)57(3,58(59,60)61)46-24-25-47-54(32-46)68-55(63-47)40-16-10-37(11-17-40)38-12-18-41(19-13-38)56-64-49-29-43(22-27-51(49)67-56)42-21-26-50-48(28-42)62-34(2)65-50/h4-32H,1-3H3. The number of hydrogen-bond acceptors (Lipinski definition) is 7. The number of alkyl halides is 3. The second kappa shape index (κ2) is 15.6. The molecule has 10 heteroatoms. The largest absolute Gasteiger partial charge is 0.456 e. The van der Waals surface area contributed by atoms with Crippen molar-refractivity contribution in [3.8, 4) is 67.6 Å². The van der Waals surface area contributed by atoms with Crippen LogP contribution in [-0.4, -0.2) is 21.1 Å². The van der Waals surface area contributed by atoms with Crippen LogP contribution in [-0.2, 0) is 5.41 Å². The monoisotopic (exact) mass is 897 g/mol. The van der Waals surface area contributed by atoms with Gasteiger partial charge in [0.2, 0.25) is 11.8 Å². The van der Waals surface area contributed by atoms with Gasteiger partial charge in [0, 0.05) is 29.0 Å². The van der Waals surface area contributed by atoms with Gasteiger partial charge in [0.25, 0.3) is 0 Å². The molecule has 1 atom stereocenters. The maximum Gasteiger partial charge on any atom is 0.402 e. The summed E-state index contributed by atoms with van der Waals surface area (Å²) in [6, 6.07) is 54.8.